The van der Waals surface area contributed by atoms with Crippen molar-refractivity contribution in [2.75, 3.05) is 6.26 Å². The number of aromatic nitrogens is 5. The van der Waals surface area contributed by atoms with Crippen LogP contribution in [0.2, 0.25) is 0 Å². The topological polar surface area (TPSA) is 82.7 Å². The van der Waals surface area contributed by atoms with E-state index in [0.29, 0.717) is 5.69 Å². The smallest absolute Gasteiger partial charge is 0.244 e. The maximum atomic E-state index is 11.2. The molecule has 0 aliphatic carbocycles. The first-order valence-corrected chi connectivity index (χ1v) is 6.43. The molecule has 2 aromatic rings. The lowest BCUT2D eigenvalue weighted by Crippen LogP contribution is -2.13. The van der Waals surface area contributed by atoms with E-state index in [1.54, 1.807) is 17.1 Å². The van der Waals surface area contributed by atoms with Gasteiger partial charge in [0.05, 0.1) is 18.0 Å². The van der Waals surface area contributed by atoms with Crippen LogP contribution in [-0.4, -0.2) is 38.6 Å². The molecule has 1 atom stereocenters. The molecule has 0 saturated heterocycles. The molecule has 0 aliphatic rings. The summed E-state index contributed by atoms with van der Waals surface area (Å²) in [4.78, 5) is 3.82. The van der Waals surface area contributed by atoms with Crippen LogP contribution in [-0.2, 0) is 10.0 Å². The molecule has 2 aromatic heterocycles. The summed E-state index contributed by atoms with van der Waals surface area (Å²) in [7, 11) is -3.32. The molecule has 0 aliphatic heterocycles. The number of rotatable bonds is 3. The van der Waals surface area contributed by atoms with Gasteiger partial charge in [-0.05, 0) is 13.0 Å². The van der Waals surface area contributed by atoms with Crippen LogP contribution in [0.3, 0.4) is 0 Å². The Morgan fingerprint density at radius 1 is 1.44 bits per heavy atom. The van der Waals surface area contributed by atoms with Gasteiger partial charge in [-0.2, -0.15) is 14.3 Å². The van der Waals surface area contributed by atoms with E-state index in [1.807, 2.05) is 6.92 Å². The fourth-order valence-corrected chi connectivity index (χ4v) is 1.81. The highest BCUT2D eigenvalue weighted by molar-refractivity contribution is 7.89. The van der Waals surface area contributed by atoms with Crippen molar-refractivity contribution in [2.24, 2.45) is 0 Å². The van der Waals surface area contributed by atoms with Crippen LogP contribution in [0.25, 0.3) is 0 Å². The van der Waals surface area contributed by atoms with E-state index in [0.717, 1.165) is 10.3 Å². The molecule has 0 unspecified atom stereocenters. The van der Waals surface area contributed by atoms with Crippen molar-refractivity contribution in [1.82, 2.24) is 24.0 Å². The second kappa shape index (κ2) is 3.71. The molecule has 0 N–H and O–H groups in total. The molecule has 0 aromatic carbocycles. The molecule has 0 radical (unpaired) electrons. The quantitative estimate of drug-likeness (QED) is 0.748. The molecule has 86 valence electrons. The lowest BCUT2D eigenvalue weighted by molar-refractivity contribution is 0.542. The van der Waals surface area contributed by atoms with Crippen molar-refractivity contribution in [3.8, 4) is 0 Å². The lowest BCUT2D eigenvalue weighted by Gasteiger charge is -2.07. The van der Waals surface area contributed by atoms with Crippen molar-refractivity contribution in [1.29, 1.82) is 0 Å². The van der Waals surface area contributed by atoms with Gasteiger partial charge in [0.25, 0.3) is 10.0 Å². The molecular formula is C8H11N5O2S. The maximum absolute atomic E-state index is 11.2. The van der Waals surface area contributed by atoms with Crippen molar-refractivity contribution in [2.45, 2.75) is 13.0 Å². The Morgan fingerprint density at radius 2 is 2.19 bits per heavy atom. The zero-order valence-corrected chi connectivity index (χ0v) is 9.66. The van der Waals surface area contributed by atoms with Crippen molar-refractivity contribution >= 4 is 10.0 Å². The van der Waals surface area contributed by atoms with Crippen LogP contribution in [0.5, 0.6) is 0 Å². The van der Waals surface area contributed by atoms with Crippen LogP contribution in [0.4, 0.5) is 0 Å². The minimum absolute atomic E-state index is 0.148. The monoisotopic (exact) mass is 241 g/mol. The van der Waals surface area contributed by atoms with Crippen LogP contribution >= 0.6 is 0 Å². The van der Waals surface area contributed by atoms with Crippen molar-refractivity contribution in [3.63, 3.8) is 0 Å². The fraction of sp³-hybridized carbons (Fsp3) is 0.375. The molecule has 0 amide bonds. The Kier molecular flexibility index (Phi) is 2.50. The normalized spacial score (nSPS) is 13.9. The highest BCUT2D eigenvalue weighted by Gasteiger charge is 2.14. The van der Waals surface area contributed by atoms with E-state index in [4.69, 9.17) is 0 Å². The third kappa shape index (κ3) is 1.96. The Hall–Kier alpha value is -1.70. The zero-order valence-electron chi connectivity index (χ0n) is 8.85. The fourth-order valence-electron chi connectivity index (χ4n) is 1.28. The van der Waals surface area contributed by atoms with Gasteiger partial charge in [-0.25, -0.2) is 18.1 Å². The Morgan fingerprint density at radius 3 is 2.69 bits per heavy atom. The molecule has 0 fully saturated rings. The van der Waals surface area contributed by atoms with E-state index in [1.165, 1.54) is 12.5 Å². The highest BCUT2D eigenvalue weighted by Crippen LogP contribution is 2.13. The first-order valence-electron chi connectivity index (χ1n) is 4.58. The average molecular weight is 241 g/mol. The Labute approximate surface area is 92.8 Å². The molecule has 8 heteroatoms. The van der Waals surface area contributed by atoms with Gasteiger partial charge in [-0.3, -0.25) is 0 Å². The van der Waals surface area contributed by atoms with Gasteiger partial charge in [0, 0.05) is 6.20 Å². The summed E-state index contributed by atoms with van der Waals surface area (Å²) < 4.78 is 25.0. The minimum Gasteiger partial charge on any atom is -0.244 e. The first-order chi connectivity index (χ1) is 7.48. The first kappa shape index (κ1) is 10.8. The third-order valence-corrected chi connectivity index (χ3v) is 3.07. The van der Waals surface area contributed by atoms with Gasteiger partial charge < -0.3 is 0 Å². The van der Waals surface area contributed by atoms with E-state index in [2.05, 4.69) is 15.2 Å². The average Bonchev–Trinajstić information content (AvgIpc) is 2.87. The summed E-state index contributed by atoms with van der Waals surface area (Å²) in [6.07, 6.45) is 5.50. The molecule has 0 saturated carbocycles. The van der Waals surface area contributed by atoms with Crippen LogP contribution in [0, 0.1) is 0 Å². The molecule has 2 heterocycles. The molecule has 7 nitrogen and oxygen atoms in total. The van der Waals surface area contributed by atoms with E-state index >= 15 is 0 Å². The van der Waals surface area contributed by atoms with Crippen LogP contribution in [0.15, 0.2) is 24.9 Å². The second-order valence-corrected chi connectivity index (χ2v) is 5.27. The molecule has 16 heavy (non-hydrogen) atoms. The summed E-state index contributed by atoms with van der Waals surface area (Å²) >= 11 is 0. The summed E-state index contributed by atoms with van der Waals surface area (Å²) in [6.45, 7) is 1.86. The Balaban J connectivity index is 2.33. The molecule has 2 rings (SSSR count). The maximum Gasteiger partial charge on any atom is 0.250 e. The lowest BCUT2D eigenvalue weighted by atomic mass is 10.2. The van der Waals surface area contributed by atoms with E-state index < -0.39 is 10.0 Å². The number of nitrogens with zero attached hydrogens (tertiary/aromatic N) is 5. The van der Waals surface area contributed by atoms with Gasteiger partial charge >= 0.3 is 0 Å². The zero-order chi connectivity index (χ0) is 11.8. The van der Waals surface area contributed by atoms with Crippen molar-refractivity contribution < 1.29 is 8.42 Å². The second-order valence-electron chi connectivity index (χ2n) is 3.43. The van der Waals surface area contributed by atoms with Crippen LogP contribution < -0.4 is 0 Å². The van der Waals surface area contributed by atoms with Gasteiger partial charge in [0.2, 0.25) is 0 Å². The minimum atomic E-state index is -3.32. The SMILES string of the molecule is C[C@H](c1ccn(S(C)(=O)=O)n1)n1cncn1. The van der Waals surface area contributed by atoms with Crippen LogP contribution in [0.1, 0.15) is 18.7 Å². The van der Waals surface area contributed by atoms with E-state index in [-0.39, 0.29) is 6.04 Å². The standard InChI is InChI=1S/C8H11N5O2S/c1-7(12-6-9-5-10-12)8-3-4-13(11-8)16(2,14)15/h3-7H,1-2H3/t7-/m1/s1. The summed E-state index contributed by atoms with van der Waals surface area (Å²) in [5, 5.41) is 7.95. The van der Waals surface area contributed by atoms with Gasteiger partial charge in [-0.15, -0.1) is 0 Å². The van der Waals surface area contributed by atoms with Gasteiger partial charge in [-0.1, -0.05) is 0 Å². The number of hydrogen-bond acceptors (Lipinski definition) is 5. The third-order valence-electron chi connectivity index (χ3n) is 2.19. The summed E-state index contributed by atoms with van der Waals surface area (Å²) in [5.41, 5.74) is 0.621. The largest absolute Gasteiger partial charge is 0.250 e. The molecular weight excluding hydrogens is 230 g/mol. The van der Waals surface area contributed by atoms with E-state index in [9.17, 15) is 8.42 Å². The van der Waals surface area contributed by atoms with Crippen molar-refractivity contribution in [3.05, 3.63) is 30.6 Å². The predicted molar refractivity (Wildman–Crippen MR) is 56.3 cm³/mol. The molecule has 0 spiro atoms. The molecule has 0 bridgehead atoms. The summed E-state index contributed by atoms with van der Waals surface area (Å²) in [5.74, 6) is 0. The van der Waals surface area contributed by atoms with Gasteiger partial charge in [0.15, 0.2) is 0 Å². The summed E-state index contributed by atoms with van der Waals surface area (Å²) in [6, 6.07) is 1.50. The van der Waals surface area contributed by atoms with Gasteiger partial charge in [0.1, 0.15) is 12.7 Å². The number of hydrogen-bond donors (Lipinski definition) is 0. The predicted octanol–water partition coefficient (Wildman–Crippen LogP) is -0.108. The Bertz CT molecular complexity index is 571. The highest BCUT2D eigenvalue weighted by atomic mass is 32.2.